The lowest BCUT2D eigenvalue weighted by atomic mass is 10.2. The number of rotatable bonds is 4. The number of aromatic nitrogens is 1. The molecule has 0 amide bonds. The molecule has 6 heteroatoms. The molecule has 104 valence electrons. The van der Waals surface area contributed by atoms with Crippen molar-refractivity contribution in [2.75, 3.05) is 24.3 Å². The van der Waals surface area contributed by atoms with Crippen molar-refractivity contribution < 1.29 is 9.90 Å². The minimum absolute atomic E-state index is 0.0212. The van der Waals surface area contributed by atoms with Gasteiger partial charge in [-0.15, -0.1) is 0 Å². The van der Waals surface area contributed by atoms with Gasteiger partial charge in [0, 0.05) is 31.7 Å². The summed E-state index contributed by atoms with van der Waals surface area (Å²) in [6.07, 6.45) is 1.32. The molecule has 0 saturated carbocycles. The SMILES string of the molecule is CN(C)c1cccc(Nc2cc(C(=O)O)c(Cl)cn2)c1. The van der Waals surface area contributed by atoms with E-state index in [2.05, 4.69) is 10.3 Å². The summed E-state index contributed by atoms with van der Waals surface area (Å²) in [4.78, 5) is 17.1. The van der Waals surface area contributed by atoms with Gasteiger partial charge in [0.15, 0.2) is 0 Å². The third kappa shape index (κ3) is 3.19. The lowest BCUT2D eigenvalue weighted by Gasteiger charge is -2.14. The van der Waals surface area contributed by atoms with Crippen molar-refractivity contribution >= 4 is 34.8 Å². The summed E-state index contributed by atoms with van der Waals surface area (Å²) in [5.74, 6) is -0.648. The number of halogens is 1. The Kier molecular flexibility index (Phi) is 4.10. The molecule has 0 atom stereocenters. The second-order valence-corrected chi connectivity index (χ2v) is 4.83. The Labute approximate surface area is 121 Å². The molecule has 0 radical (unpaired) electrons. The van der Waals surface area contributed by atoms with Gasteiger partial charge in [-0.1, -0.05) is 17.7 Å². The predicted molar refractivity (Wildman–Crippen MR) is 80.3 cm³/mol. The third-order valence-corrected chi connectivity index (χ3v) is 3.02. The van der Waals surface area contributed by atoms with Gasteiger partial charge in [0.1, 0.15) is 5.82 Å². The molecule has 0 bridgehead atoms. The molecule has 0 saturated heterocycles. The zero-order valence-corrected chi connectivity index (χ0v) is 11.8. The lowest BCUT2D eigenvalue weighted by Crippen LogP contribution is -2.08. The molecule has 5 nitrogen and oxygen atoms in total. The van der Waals surface area contributed by atoms with Crippen LogP contribution in [0.25, 0.3) is 0 Å². The van der Waals surface area contributed by atoms with Crippen LogP contribution in [-0.4, -0.2) is 30.2 Å². The van der Waals surface area contributed by atoms with Gasteiger partial charge in [-0.3, -0.25) is 0 Å². The predicted octanol–water partition coefficient (Wildman–Crippen LogP) is 3.24. The molecule has 1 heterocycles. The fourth-order valence-corrected chi connectivity index (χ4v) is 1.86. The molecule has 0 fully saturated rings. The second-order valence-electron chi connectivity index (χ2n) is 4.42. The van der Waals surface area contributed by atoms with E-state index in [1.54, 1.807) is 0 Å². The number of anilines is 3. The second kappa shape index (κ2) is 5.79. The van der Waals surface area contributed by atoms with Crippen LogP contribution in [0.5, 0.6) is 0 Å². The van der Waals surface area contributed by atoms with Gasteiger partial charge in [-0.05, 0) is 24.3 Å². The summed E-state index contributed by atoms with van der Waals surface area (Å²) in [6, 6.07) is 9.11. The molecule has 2 rings (SSSR count). The molecule has 2 aromatic rings. The van der Waals surface area contributed by atoms with Crippen LogP contribution in [0.4, 0.5) is 17.2 Å². The van der Waals surface area contributed by atoms with E-state index < -0.39 is 5.97 Å². The fraction of sp³-hybridized carbons (Fsp3) is 0.143. The highest BCUT2D eigenvalue weighted by atomic mass is 35.5. The van der Waals surface area contributed by atoms with Crippen molar-refractivity contribution in [1.29, 1.82) is 0 Å². The highest BCUT2D eigenvalue weighted by Gasteiger charge is 2.10. The van der Waals surface area contributed by atoms with E-state index in [-0.39, 0.29) is 10.6 Å². The van der Waals surface area contributed by atoms with Crippen LogP contribution >= 0.6 is 11.6 Å². The van der Waals surface area contributed by atoms with Crippen LogP contribution in [-0.2, 0) is 0 Å². The maximum absolute atomic E-state index is 11.0. The molecule has 1 aromatic carbocycles. The van der Waals surface area contributed by atoms with Crippen LogP contribution in [0.1, 0.15) is 10.4 Å². The summed E-state index contributed by atoms with van der Waals surface area (Å²) in [7, 11) is 3.89. The summed E-state index contributed by atoms with van der Waals surface area (Å²) in [5.41, 5.74) is 1.87. The molecule has 0 spiro atoms. The van der Waals surface area contributed by atoms with E-state index in [1.165, 1.54) is 12.3 Å². The number of carboxylic acid groups (broad SMARTS) is 1. The molecular formula is C14H14ClN3O2. The Morgan fingerprint density at radius 1 is 1.35 bits per heavy atom. The minimum Gasteiger partial charge on any atom is -0.478 e. The number of aromatic carboxylic acids is 1. The van der Waals surface area contributed by atoms with E-state index in [0.29, 0.717) is 5.82 Å². The summed E-state index contributed by atoms with van der Waals surface area (Å²) in [5, 5.41) is 12.2. The van der Waals surface area contributed by atoms with Crippen LogP contribution in [0.2, 0.25) is 5.02 Å². The first-order chi connectivity index (χ1) is 9.47. The quantitative estimate of drug-likeness (QED) is 0.905. The van der Waals surface area contributed by atoms with Crippen molar-refractivity contribution in [3.63, 3.8) is 0 Å². The fourth-order valence-electron chi connectivity index (χ4n) is 1.68. The topological polar surface area (TPSA) is 65.5 Å². The Bertz CT molecular complexity index is 644. The maximum atomic E-state index is 11.0. The molecule has 1 aromatic heterocycles. The number of benzene rings is 1. The normalized spacial score (nSPS) is 10.2. The Balaban J connectivity index is 2.28. The zero-order chi connectivity index (χ0) is 14.7. The number of carbonyl (C=O) groups is 1. The average molecular weight is 292 g/mol. The number of hydrogen-bond donors (Lipinski definition) is 2. The Hall–Kier alpha value is -2.27. The summed E-state index contributed by atoms with van der Waals surface area (Å²) >= 11 is 5.78. The van der Waals surface area contributed by atoms with E-state index in [1.807, 2.05) is 43.3 Å². The third-order valence-electron chi connectivity index (χ3n) is 2.72. The first kappa shape index (κ1) is 14.1. The van der Waals surface area contributed by atoms with Crippen molar-refractivity contribution in [1.82, 2.24) is 4.98 Å². The van der Waals surface area contributed by atoms with Crippen molar-refractivity contribution in [3.05, 3.63) is 47.1 Å². The zero-order valence-electron chi connectivity index (χ0n) is 11.1. The van der Waals surface area contributed by atoms with Crippen molar-refractivity contribution in [2.45, 2.75) is 0 Å². The van der Waals surface area contributed by atoms with E-state index in [0.717, 1.165) is 11.4 Å². The van der Waals surface area contributed by atoms with Gasteiger partial charge >= 0.3 is 5.97 Å². The smallest absolute Gasteiger partial charge is 0.337 e. The minimum atomic E-state index is -1.08. The number of nitrogens with one attached hydrogen (secondary N) is 1. The molecule has 0 aliphatic carbocycles. The number of nitrogens with zero attached hydrogens (tertiary/aromatic N) is 2. The highest BCUT2D eigenvalue weighted by molar-refractivity contribution is 6.33. The first-order valence-electron chi connectivity index (χ1n) is 5.90. The Morgan fingerprint density at radius 2 is 2.10 bits per heavy atom. The van der Waals surface area contributed by atoms with Gasteiger partial charge in [0.05, 0.1) is 10.6 Å². The van der Waals surface area contributed by atoms with Gasteiger partial charge in [-0.2, -0.15) is 0 Å². The maximum Gasteiger partial charge on any atom is 0.337 e. The van der Waals surface area contributed by atoms with Crippen molar-refractivity contribution in [2.24, 2.45) is 0 Å². The number of carboxylic acids is 1. The van der Waals surface area contributed by atoms with E-state index in [4.69, 9.17) is 16.7 Å². The molecule has 2 N–H and O–H groups in total. The van der Waals surface area contributed by atoms with Gasteiger partial charge in [0.25, 0.3) is 0 Å². The molecular weight excluding hydrogens is 278 g/mol. The molecule has 20 heavy (non-hydrogen) atoms. The van der Waals surface area contributed by atoms with Gasteiger partial charge in [-0.25, -0.2) is 9.78 Å². The van der Waals surface area contributed by atoms with Crippen LogP contribution in [0.15, 0.2) is 36.5 Å². The monoisotopic (exact) mass is 291 g/mol. The first-order valence-corrected chi connectivity index (χ1v) is 6.28. The molecule has 0 unspecified atom stereocenters. The summed E-state index contributed by atoms with van der Waals surface area (Å²) in [6.45, 7) is 0. The standard InChI is InChI=1S/C14H14ClN3O2/c1-18(2)10-5-3-4-9(6-10)17-13-7-11(14(19)20)12(15)8-16-13/h3-8H,1-2H3,(H,16,17)(H,19,20). The molecule has 0 aliphatic rings. The number of hydrogen-bond acceptors (Lipinski definition) is 4. The van der Waals surface area contributed by atoms with Crippen molar-refractivity contribution in [3.8, 4) is 0 Å². The van der Waals surface area contributed by atoms with Crippen LogP contribution < -0.4 is 10.2 Å². The Morgan fingerprint density at radius 3 is 2.75 bits per heavy atom. The van der Waals surface area contributed by atoms with E-state index >= 15 is 0 Å². The summed E-state index contributed by atoms with van der Waals surface area (Å²) < 4.78 is 0. The van der Waals surface area contributed by atoms with Gasteiger partial charge < -0.3 is 15.3 Å². The molecule has 0 aliphatic heterocycles. The number of pyridine rings is 1. The lowest BCUT2D eigenvalue weighted by molar-refractivity contribution is 0.0697. The van der Waals surface area contributed by atoms with Crippen LogP contribution in [0.3, 0.4) is 0 Å². The van der Waals surface area contributed by atoms with E-state index in [9.17, 15) is 4.79 Å². The highest BCUT2D eigenvalue weighted by Crippen LogP contribution is 2.23. The average Bonchev–Trinajstić information content (AvgIpc) is 2.41. The van der Waals surface area contributed by atoms with Crippen LogP contribution in [0, 0.1) is 0 Å². The van der Waals surface area contributed by atoms with Gasteiger partial charge in [0.2, 0.25) is 0 Å². The largest absolute Gasteiger partial charge is 0.478 e.